The van der Waals surface area contributed by atoms with Gasteiger partial charge in [0, 0.05) is 21.4 Å². The van der Waals surface area contributed by atoms with Gasteiger partial charge >= 0.3 is 0 Å². The number of hydrogen-bond acceptors (Lipinski definition) is 3. The van der Waals surface area contributed by atoms with Crippen molar-refractivity contribution < 1.29 is 9.60 Å². The van der Waals surface area contributed by atoms with Crippen molar-refractivity contribution in [2.24, 2.45) is 10.9 Å². The van der Waals surface area contributed by atoms with Crippen molar-refractivity contribution in [2.75, 3.05) is 5.32 Å². The molecule has 0 saturated carbocycles. The van der Waals surface area contributed by atoms with Crippen molar-refractivity contribution in [1.29, 1.82) is 0 Å². The van der Waals surface area contributed by atoms with Gasteiger partial charge in [-0.25, -0.2) is 4.39 Å². The lowest BCUT2D eigenvalue weighted by atomic mass is 10.1. The molecule has 4 nitrogen and oxygen atoms in total. The first-order valence-corrected chi connectivity index (χ1v) is 6.94. The summed E-state index contributed by atoms with van der Waals surface area (Å²) in [6.45, 7) is 0.448. The lowest BCUT2D eigenvalue weighted by Gasteiger charge is -2.10. The Hall–Kier alpha value is -1.83. The van der Waals surface area contributed by atoms with E-state index in [0.717, 1.165) is 9.26 Å². The Morgan fingerprint density at radius 3 is 2.75 bits per heavy atom. The van der Waals surface area contributed by atoms with Gasteiger partial charge in [-0.05, 0) is 58.5 Å². The molecule has 0 spiro atoms. The SMILES string of the molecule is N/C(=N/O)c1cc(F)cc(CNc2ccccc2I)c1. The molecule has 2 aromatic carbocycles. The third-order valence-corrected chi connectivity index (χ3v) is 3.66. The van der Waals surface area contributed by atoms with Crippen LogP contribution in [0.2, 0.25) is 0 Å². The van der Waals surface area contributed by atoms with Gasteiger partial charge < -0.3 is 16.3 Å². The van der Waals surface area contributed by atoms with E-state index in [4.69, 9.17) is 10.9 Å². The number of anilines is 1. The van der Waals surface area contributed by atoms with Gasteiger partial charge in [-0.3, -0.25) is 0 Å². The van der Waals surface area contributed by atoms with Crippen LogP contribution >= 0.6 is 22.6 Å². The number of halogens is 2. The molecule has 0 aliphatic heterocycles. The average molecular weight is 385 g/mol. The minimum absolute atomic E-state index is 0.111. The van der Waals surface area contributed by atoms with Crippen molar-refractivity contribution in [3.8, 4) is 0 Å². The molecule has 0 unspecified atom stereocenters. The summed E-state index contributed by atoms with van der Waals surface area (Å²) in [7, 11) is 0. The molecule has 0 saturated heterocycles. The van der Waals surface area contributed by atoms with Crippen LogP contribution in [0.15, 0.2) is 47.6 Å². The van der Waals surface area contributed by atoms with Crippen LogP contribution in [-0.2, 0) is 6.54 Å². The zero-order valence-electron chi connectivity index (χ0n) is 10.5. The summed E-state index contributed by atoms with van der Waals surface area (Å²) in [6.07, 6.45) is 0. The maximum absolute atomic E-state index is 13.5. The Morgan fingerprint density at radius 1 is 1.30 bits per heavy atom. The molecule has 6 heteroatoms. The monoisotopic (exact) mass is 385 g/mol. The standard InChI is InChI=1S/C14H13FIN3O/c15-11-6-9(5-10(7-11)14(17)19-20)8-18-13-4-2-1-3-12(13)16/h1-7,18,20H,8H2,(H2,17,19). The molecule has 0 aromatic heterocycles. The lowest BCUT2D eigenvalue weighted by molar-refractivity contribution is 0.318. The van der Waals surface area contributed by atoms with Gasteiger partial charge in [0.05, 0.1) is 0 Å². The van der Waals surface area contributed by atoms with Gasteiger partial charge in [0.1, 0.15) is 5.82 Å². The van der Waals surface area contributed by atoms with Crippen LogP contribution in [0.25, 0.3) is 0 Å². The van der Waals surface area contributed by atoms with Gasteiger partial charge in [-0.1, -0.05) is 17.3 Å². The maximum atomic E-state index is 13.5. The molecule has 0 aliphatic carbocycles. The fourth-order valence-corrected chi connectivity index (χ4v) is 2.34. The average Bonchev–Trinajstić information content (AvgIpc) is 2.45. The molecule has 4 N–H and O–H groups in total. The largest absolute Gasteiger partial charge is 0.409 e. The van der Waals surface area contributed by atoms with Gasteiger partial charge in [-0.15, -0.1) is 0 Å². The van der Waals surface area contributed by atoms with Crippen molar-refractivity contribution in [2.45, 2.75) is 6.54 Å². The summed E-state index contributed by atoms with van der Waals surface area (Å²) in [5, 5.41) is 14.7. The van der Waals surface area contributed by atoms with Crippen LogP contribution in [0.3, 0.4) is 0 Å². The van der Waals surface area contributed by atoms with E-state index >= 15 is 0 Å². The van der Waals surface area contributed by atoms with E-state index in [1.165, 1.54) is 12.1 Å². The molecule has 0 fully saturated rings. The Bertz CT molecular complexity index is 646. The summed E-state index contributed by atoms with van der Waals surface area (Å²) in [6, 6.07) is 12.1. The van der Waals surface area contributed by atoms with Crippen molar-refractivity contribution >= 4 is 34.1 Å². The number of rotatable bonds is 4. The third-order valence-electron chi connectivity index (χ3n) is 2.72. The number of benzene rings is 2. The second kappa shape index (κ2) is 6.56. The van der Waals surface area contributed by atoms with Gasteiger partial charge in [0.2, 0.25) is 0 Å². The van der Waals surface area contributed by atoms with Gasteiger partial charge in [0.15, 0.2) is 5.84 Å². The van der Waals surface area contributed by atoms with E-state index in [-0.39, 0.29) is 5.84 Å². The summed E-state index contributed by atoms with van der Waals surface area (Å²) >= 11 is 2.22. The van der Waals surface area contributed by atoms with Crippen molar-refractivity contribution in [3.05, 3.63) is 63.0 Å². The number of nitrogens with one attached hydrogen (secondary N) is 1. The van der Waals surface area contributed by atoms with Crippen molar-refractivity contribution in [3.63, 3.8) is 0 Å². The highest BCUT2D eigenvalue weighted by atomic mass is 127. The Labute approximate surface area is 129 Å². The van der Waals surface area contributed by atoms with Crippen molar-refractivity contribution in [1.82, 2.24) is 0 Å². The first kappa shape index (κ1) is 14.6. The maximum Gasteiger partial charge on any atom is 0.170 e. The second-order valence-corrected chi connectivity index (χ2v) is 5.33. The number of hydrogen-bond donors (Lipinski definition) is 3. The minimum atomic E-state index is -0.423. The molecular weight excluding hydrogens is 372 g/mol. The minimum Gasteiger partial charge on any atom is -0.409 e. The molecule has 0 heterocycles. The smallest absolute Gasteiger partial charge is 0.170 e. The molecule has 0 atom stereocenters. The van der Waals surface area contributed by atoms with E-state index < -0.39 is 5.82 Å². The highest BCUT2D eigenvalue weighted by molar-refractivity contribution is 14.1. The van der Waals surface area contributed by atoms with Crippen LogP contribution < -0.4 is 11.1 Å². The van der Waals surface area contributed by atoms with E-state index in [0.29, 0.717) is 17.7 Å². The number of amidine groups is 1. The third kappa shape index (κ3) is 3.60. The first-order chi connectivity index (χ1) is 9.60. The van der Waals surface area contributed by atoms with E-state index in [1.807, 2.05) is 24.3 Å². The molecule has 2 rings (SSSR count). The fraction of sp³-hybridized carbons (Fsp3) is 0.0714. The normalized spacial score (nSPS) is 11.4. The lowest BCUT2D eigenvalue weighted by Crippen LogP contribution is -2.14. The Morgan fingerprint density at radius 2 is 2.05 bits per heavy atom. The zero-order chi connectivity index (χ0) is 14.5. The number of nitrogens with two attached hydrogens (primary N) is 1. The van der Waals surface area contributed by atoms with Crippen LogP contribution in [0.5, 0.6) is 0 Å². The predicted octanol–water partition coefficient (Wildman–Crippen LogP) is 3.14. The summed E-state index contributed by atoms with van der Waals surface area (Å²) < 4.78 is 14.6. The predicted molar refractivity (Wildman–Crippen MR) is 85.4 cm³/mol. The van der Waals surface area contributed by atoms with Crippen LogP contribution in [0.4, 0.5) is 10.1 Å². The molecule has 20 heavy (non-hydrogen) atoms. The number of nitrogens with zero attached hydrogens (tertiary/aromatic N) is 1. The van der Waals surface area contributed by atoms with Gasteiger partial charge in [0.25, 0.3) is 0 Å². The Balaban J connectivity index is 2.18. The van der Waals surface area contributed by atoms with Gasteiger partial charge in [-0.2, -0.15) is 0 Å². The molecule has 0 bridgehead atoms. The second-order valence-electron chi connectivity index (χ2n) is 4.17. The Kier molecular flexibility index (Phi) is 4.78. The summed E-state index contributed by atoms with van der Waals surface area (Å²) in [4.78, 5) is 0. The highest BCUT2D eigenvalue weighted by Crippen LogP contribution is 2.18. The highest BCUT2D eigenvalue weighted by Gasteiger charge is 2.05. The van der Waals surface area contributed by atoms with E-state index in [9.17, 15) is 4.39 Å². The topological polar surface area (TPSA) is 70.6 Å². The molecule has 104 valence electrons. The molecule has 0 amide bonds. The summed E-state index contributed by atoms with van der Waals surface area (Å²) in [5.41, 5.74) is 7.52. The van der Waals surface area contributed by atoms with Crippen LogP contribution in [0, 0.1) is 9.39 Å². The molecular formula is C14H13FIN3O. The fourth-order valence-electron chi connectivity index (χ4n) is 1.76. The molecule has 0 radical (unpaired) electrons. The molecule has 0 aliphatic rings. The number of para-hydroxylation sites is 1. The summed E-state index contributed by atoms with van der Waals surface area (Å²) in [5.74, 6) is -0.534. The van der Waals surface area contributed by atoms with E-state index in [2.05, 4.69) is 33.1 Å². The van der Waals surface area contributed by atoms with Crippen LogP contribution in [-0.4, -0.2) is 11.0 Å². The molecule has 2 aromatic rings. The number of oxime groups is 1. The van der Waals surface area contributed by atoms with E-state index in [1.54, 1.807) is 6.07 Å². The zero-order valence-corrected chi connectivity index (χ0v) is 12.6. The van der Waals surface area contributed by atoms with Crippen LogP contribution in [0.1, 0.15) is 11.1 Å². The first-order valence-electron chi connectivity index (χ1n) is 5.86. The quantitative estimate of drug-likeness (QED) is 0.249.